The molecule has 2 rings (SSSR count). The Kier molecular flexibility index (Phi) is 4.47. The van der Waals surface area contributed by atoms with Gasteiger partial charge in [-0.3, -0.25) is 0 Å². The maximum absolute atomic E-state index is 5.88. The Balaban J connectivity index is 1.63. The molecular formula is C13H15ClN2O. The topological polar surface area (TPSA) is 37.2 Å². The fourth-order valence-electron chi connectivity index (χ4n) is 1.52. The summed E-state index contributed by atoms with van der Waals surface area (Å²) >= 11 is 5.88. The van der Waals surface area contributed by atoms with Crippen LogP contribution in [0.25, 0.3) is 0 Å². The molecule has 0 bridgehead atoms. The van der Waals surface area contributed by atoms with Crippen LogP contribution in [0.2, 0.25) is 5.02 Å². The van der Waals surface area contributed by atoms with E-state index in [4.69, 9.17) is 16.0 Å². The highest BCUT2D eigenvalue weighted by molar-refractivity contribution is 6.30. The first-order valence-electron chi connectivity index (χ1n) is 5.57. The molecule has 17 heavy (non-hydrogen) atoms. The third kappa shape index (κ3) is 4.13. The van der Waals surface area contributed by atoms with Gasteiger partial charge in [0, 0.05) is 23.8 Å². The van der Waals surface area contributed by atoms with Crippen LogP contribution in [0.5, 0.6) is 0 Å². The minimum absolute atomic E-state index is 0.749. The predicted octanol–water partition coefficient (Wildman–Crippen LogP) is 3.13. The Hall–Kier alpha value is -1.45. The van der Waals surface area contributed by atoms with Crippen molar-refractivity contribution < 1.29 is 4.42 Å². The quantitative estimate of drug-likeness (QED) is 0.774. The van der Waals surface area contributed by atoms with Crippen molar-refractivity contribution >= 4 is 17.3 Å². The van der Waals surface area contributed by atoms with Gasteiger partial charge in [0.25, 0.3) is 0 Å². The van der Waals surface area contributed by atoms with Crippen LogP contribution in [-0.4, -0.2) is 13.1 Å². The molecule has 0 aliphatic rings. The zero-order chi connectivity index (χ0) is 11.9. The second-order valence-electron chi connectivity index (χ2n) is 3.69. The van der Waals surface area contributed by atoms with Crippen molar-refractivity contribution in [3.05, 3.63) is 53.4 Å². The number of benzene rings is 1. The van der Waals surface area contributed by atoms with Crippen LogP contribution < -0.4 is 10.6 Å². The number of halogens is 1. The maximum Gasteiger partial charge on any atom is 0.117 e. The third-order valence-electron chi connectivity index (χ3n) is 2.33. The highest BCUT2D eigenvalue weighted by Gasteiger charge is 1.95. The number of anilines is 1. The summed E-state index contributed by atoms with van der Waals surface area (Å²) in [6.45, 7) is 2.47. The van der Waals surface area contributed by atoms with Crippen LogP contribution in [0.4, 0.5) is 5.69 Å². The molecule has 0 fully saturated rings. The normalized spacial score (nSPS) is 10.4. The Labute approximate surface area is 106 Å². The van der Waals surface area contributed by atoms with Gasteiger partial charge in [0.2, 0.25) is 0 Å². The van der Waals surface area contributed by atoms with Crippen LogP contribution in [0, 0.1) is 0 Å². The molecule has 0 atom stereocenters. The molecule has 1 heterocycles. The van der Waals surface area contributed by atoms with Crippen LogP contribution >= 0.6 is 11.6 Å². The Bertz CT molecular complexity index is 442. The molecule has 0 saturated carbocycles. The summed E-state index contributed by atoms with van der Waals surface area (Å²) in [5.74, 6) is 0.952. The van der Waals surface area contributed by atoms with E-state index in [1.165, 1.54) is 0 Å². The highest BCUT2D eigenvalue weighted by Crippen LogP contribution is 2.14. The van der Waals surface area contributed by atoms with Gasteiger partial charge in [-0.15, -0.1) is 0 Å². The molecular weight excluding hydrogens is 236 g/mol. The minimum Gasteiger partial charge on any atom is -0.468 e. The SMILES string of the molecule is Clc1cccc(NCCNCc2ccco2)c1. The minimum atomic E-state index is 0.749. The van der Waals surface area contributed by atoms with Gasteiger partial charge in [0.15, 0.2) is 0 Å². The van der Waals surface area contributed by atoms with Gasteiger partial charge in [0.05, 0.1) is 12.8 Å². The smallest absolute Gasteiger partial charge is 0.117 e. The average Bonchev–Trinajstić information content (AvgIpc) is 2.82. The summed E-state index contributed by atoms with van der Waals surface area (Å²) in [5.41, 5.74) is 1.04. The van der Waals surface area contributed by atoms with E-state index >= 15 is 0 Å². The van der Waals surface area contributed by atoms with Crippen molar-refractivity contribution in [1.29, 1.82) is 0 Å². The lowest BCUT2D eigenvalue weighted by Gasteiger charge is -2.07. The molecule has 0 unspecified atom stereocenters. The van der Waals surface area contributed by atoms with Crippen molar-refractivity contribution in [3.8, 4) is 0 Å². The van der Waals surface area contributed by atoms with E-state index in [1.807, 2.05) is 36.4 Å². The van der Waals surface area contributed by atoms with E-state index in [0.717, 1.165) is 36.1 Å². The van der Waals surface area contributed by atoms with Gasteiger partial charge >= 0.3 is 0 Å². The summed E-state index contributed by atoms with van der Waals surface area (Å²) < 4.78 is 5.21. The van der Waals surface area contributed by atoms with Gasteiger partial charge in [-0.25, -0.2) is 0 Å². The monoisotopic (exact) mass is 250 g/mol. The van der Waals surface area contributed by atoms with Gasteiger partial charge in [-0.1, -0.05) is 17.7 Å². The van der Waals surface area contributed by atoms with Crippen molar-refractivity contribution in [2.45, 2.75) is 6.54 Å². The van der Waals surface area contributed by atoms with E-state index in [9.17, 15) is 0 Å². The standard InChI is InChI=1S/C13H15ClN2O/c14-11-3-1-4-12(9-11)16-7-6-15-10-13-5-2-8-17-13/h1-5,8-9,15-16H,6-7,10H2. The summed E-state index contributed by atoms with van der Waals surface area (Å²) in [6.07, 6.45) is 1.68. The molecule has 90 valence electrons. The van der Waals surface area contributed by atoms with Gasteiger partial charge in [-0.2, -0.15) is 0 Å². The largest absolute Gasteiger partial charge is 0.468 e. The molecule has 0 radical (unpaired) electrons. The third-order valence-corrected chi connectivity index (χ3v) is 2.57. The Morgan fingerprint density at radius 3 is 2.82 bits per heavy atom. The van der Waals surface area contributed by atoms with Crippen molar-refractivity contribution in [2.24, 2.45) is 0 Å². The number of furan rings is 1. The van der Waals surface area contributed by atoms with Gasteiger partial charge < -0.3 is 15.1 Å². The predicted molar refractivity (Wildman–Crippen MR) is 70.4 cm³/mol. The molecule has 0 spiro atoms. The zero-order valence-electron chi connectivity index (χ0n) is 9.45. The fraction of sp³-hybridized carbons (Fsp3) is 0.231. The molecule has 2 aromatic rings. The number of rotatable bonds is 6. The second-order valence-corrected chi connectivity index (χ2v) is 4.13. The Morgan fingerprint density at radius 2 is 2.06 bits per heavy atom. The first-order valence-corrected chi connectivity index (χ1v) is 5.95. The van der Waals surface area contributed by atoms with E-state index in [-0.39, 0.29) is 0 Å². The highest BCUT2D eigenvalue weighted by atomic mass is 35.5. The second kappa shape index (κ2) is 6.33. The maximum atomic E-state index is 5.88. The first kappa shape index (κ1) is 12.0. The van der Waals surface area contributed by atoms with Crippen LogP contribution in [0.3, 0.4) is 0 Å². The van der Waals surface area contributed by atoms with Crippen LogP contribution in [0.15, 0.2) is 47.1 Å². The number of hydrogen-bond donors (Lipinski definition) is 2. The van der Waals surface area contributed by atoms with E-state index in [2.05, 4.69) is 10.6 Å². The molecule has 0 amide bonds. The van der Waals surface area contributed by atoms with E-state index < -0.39 is 0 Å². The summed E-state index contributed by atoms with van der Waals surface area (Å²) in [4.78, 5) is 0. The van der Waals surface area contributed by atoms with Crippen LogP contribution in [-0.2, 0) is 6.54 Å². The fourth-order valence-corrected chi connectivity index (χ4v) is 1.71. The summed E-state index contributed by atoms with van der Waals surface area (Å²) in [6, 6.07) is 11.5. The molecule has 0 aliphatic heterocycles. The Morgan fingerprint density at radius 1 is 1.12 bits per heavy atom. The molecule has 0 saturated heterocycles. The molecule has 0 aliphatic carbocycles. The van der Waals surface area contributed by atoms with E-state index in [1.54, 1.807) is 6.26 Å². The van der Waals surface area contributed by atoms with E-state index in [0.29, 0.717) is 0 Å². The van der Waals surface area contributed by atoms with Crippen molar-refractivity contribution in [2.75, 3.05) is 18.4 Å². The van der Waals surface area contributed by atoms with Gasteiger partial charge in [0.1, 0.15) is 5.76 Å². The molecule has 1 aromatic heterocycles. The lowest BCUT2D eigenvalue weighted by molar-refractivity contribution is 0.486. The summed E-state index contributed by atoms with van der Waals surface area (Å²) in [7, 11) is 0. The van der Waals surface area contributed by atoms with Crippen molar-refractivity contribution in [3.63, 3.8) is 0 Å². The number of nitrogens with one attached hydrogen (secondary N) is 2. The lowest BCUT2D eigenvalue weighted by Crippen LogP contribution is -2.21. The molecule has 3 nitrogen and oxygen atoms in total. The molecule has 4 heteroatoms. The van der Waals surface area contributed by atoms with Crippen molar-refractivity contribution in [1.82, 2.24) is 5.32 Å². The van der Waals surface area contributed by atoms with Crippen LogP contribution in [0.1, 0.15) is 5.76 Å². The first-order chi connectivity index (χ1) is 8.34. The zero-order valence-corrected chi connectivity index (χ0v) is 10.2. The number of hydrogen-bond acceptors (Lipinski definition) is 3. The lowest BCUT2D eigenvalue weighted by atomic mass is 10.3. The van der Waals surface area contributed by atoms with Gasteiger partial charge in [-0.05, 0) is 30.3 Å². The molecule has 2 N–H and O–H groups in total. The molecule has 1 aromatic carbocycles. The summed E-state index contributed by atoms with van der Waals surface area (Å²) in [5, 5.41) is 7.32. The average molecular weight is 251 g/mol.